The molecular weight excluding hydrogens is 1150 g/mol. The summed E-state index contributed by atoms with van der Waals surface area (Å²) in [5.74, 6) is 0. The molecule has 0 aromatic heterocycles. The molecule has 0 saturated heterocycles. The number of rotatable bonds is 8. The van der Waals surface area contributed by atoms with Crippen LogP contribution in [-0.2, 0) is 15.1 Å². The third-order valence-electron chi connectivity index (χ3n) is 15.2. The van der Waals surface area contributed by atoms with Gasteiger partial charge in [0, 0.05) is 22.5 Å². The van der Waals surface area contributed by atoms with E-state index in [-0.39, 0.29) is 15.1 Å². The maximum atomic E-state index is 6.54. The van der Waals surface area contributed by atoms with Gasteiger partial charge in [-0.25, -0.2) is 0 Å². The second-order valence-corrected chi connectivity index (χ2v) is 28.9. The average molecular weight is 1220 g/mol. The molecule has 0 bridgehead atoms. The molecule has 0 saturated carbocycles. The third-order valence-corrected chi connectivity index (χ3v) is 20.1. The van der Waals surface area contributed by atoms with Crippen LogP contribution in [0.5, 0.6) is 0 Å². The third kappa shape index (κ3) is 12.1. The molecule has 12 aromatic rings. The van der Waals surface area contributed by atoms with Crippen LogP contribution in [0.25, 0.3) is 65.3 Å². The Bertz CT molecular complexity index is 3900. The van der Waals surface area contributed by atoms with Crippen molar-refractivity contribution in [2.75, 3.05) is 11.5 Å². The van der Waals surface area contributed by atoms with E-state index < -0.39 is 15.8 Å². The van der Waals surface area contributed by atoms with Gasteiger partial charge in [0.05, 0.1) is 0 Å². The number of anilines is 2. The van der Waals surface area contributed by atoms with Gasteiger partial charge in [-0.05, 0) is 194 Å². The van der Waals surface area contributed by atoms with Crippen molar-refractivity contribution >= 4 is 122 Å². The number of hydrogen-bond donors (Lipinski definition) is 2. The predicted octanol–water partition coefficient (Wildman–Crippen LogP) is 18.5. The molecule has 81 heavy (non-hydrogen) atoms. The molecule has 0 aliphatic rings. The molecule has 0 unspecified atom stereocenters. The SMILES string of the molecule is Cc1cc(C)cc(P(c2cc(C)cc(C)c2)c2ccc3ccccc3c2-c2c(P(c3cc(C)cc(C)c3)c3cc(C)cc(C)c3)ccc3ccccc23)c1.Cc1cc2ccccc2c(-c2c(N)c(C)cc3ccccc23)c1N.[Cl][Ru][Cl]. The van der Waals surface area contributed by atoms with Gasteiger partial charge >= 0.3 is 34.5 Å². The standard InChI is InChI=1S/C52H48P2.C22H20N2.2ClH.Ru/c1-33-21-34(2)26-43(25-33)53(44-27-35(3)22-36(4)28-44)49-19-17-41-13-9-11-15-47(41)51(49)52-48-16-12-10-14-42(48)18-20-50(52)54(45-29-37(5)23-38(6)30-45)46-31-39(7)24-40(8)32-46;1-13-11-15-7-3-5-9-17(15)19(21(13)23)20-18-10-6-4-8-16(18)12-14(2)22(20)24;;;/h9-32H,1-8H3;3-12H,23-24H2,1-2H3;2*1H;/q;;;;+2/p-2. The van der Waals surface area contributed by atoms with Gasteiger partial charge in [-0.15, -0.1) is 0 Å². The Morgan fingerprint density at radius 3 is 0.790 bits per heavy atom. The first kappa shape index (κ1) is 57.6. The molecule has 0 aliphatic carbocycles. The van der Waals surface area contributed by atoms with Crippen LogP contribution in [-0.4, -0.2) is 0 Å². The van der Waals surface area contributed by atoms with Crippen molar-refractivity contribution in [3.63, 3.8) is 0 Å². The summed E-state index contributed by atoms with van der Waals surface area (Å²) in [7, 11) is 7.83. The van der Waals surface area contributed by atoms with Gasteiger partial charge in [0.1, 0.15) is 0 Å². The molecule has 12 aromatic carbocycles. The first-order chi connectivity index (χ1) is 39.0. The van der Waals surface area contributed by atoms with Gasteiger partial charge in [-0.2, -0.15) is 0 Å². The van der Waals surface area contributed by atoms with E-state index in [0.29, 0.717) is 0 Å². The number of fused-ring (bicyclic) bond motifs is 4. The summed E-state index contributed by atoms with van der Waals surface area (Å²) in [5.41, 5.74) is 32.1. The first-order valence-electron chi connectivity index (χ1n) is 27.4. The van der Waals surface area contributed by atoms with E-state index in [4.69, 9.17) is 30.8 Å². The van der Waals surface area contributed by atoms with Gasteiger partial charge in [0.25, 0.3) is 0 Å². The van der Waals surface area contributed by atoms with Crippen molar-refractivity contribution in [2.45, 2.75) is 69.2 Å². The van der Waals surface area contributed by atoms with Crippen LogP contribution >= 0.6 is 35.2 Å². The molecular formula is C74H68Cl2N2P2Ru. The second-order valence-electron chi connectivity index (χ2n) is 21.9. The summed E-state index contributed by atoms with van der Waals surface area (Å²) in [6.07, 6.45) is 0. The van der Waals surface area contributed by atoms with Crippen molar-refractivity contribution in [1.82, 2.24) is 0 Å². The predicted molar refractivity (Wildman–Crippen MR) is 359 cm³/mol. The first-order valence-corrected chi connectivity index (χ1v) is 34.6. The molecule has 0 amide bonds. The summed E-state index contributed by atoms with van der Waals surface area (Å²) in [4.78, 5) is 0. The van der Waals surface area contributed by atoms with E-state index >= 15 is 0 Å². The maximum absolute atomic E-state index is 6.54. The Morgan fingerprint density at radius 1 is 0.284 bits per heavy atom. The van der Waals surface area contributed by atoms with Gasteiger partial charge in [0.15, 0.2) is 0 Å². The second kappa shape index (κ2) is 24.8. The van der Waals surface area contributed by atoms with Crippen LogP contribution in [0.4, 0.5) is 11.4 Å². The van der Waals surface area contributed by atoms with E-state index in [1.165, 1.54) is 120 Å². The Labute approximate surface area is 497 Å². The fourth-order valence-electron chi connectivity index (χ4n) is 12.1. The molecule has 7 heteroatoms. The quantitative estimate of drug-likeness (QED) is 0.0905. The molecule has 4 N–H and O–H groups in total. The zero-order valence-corrected chi connectivity index (χ0v) is 52.8. The monoisotopic (exact) mass is 1220 g/mol. The molecule has 0 fully saturated rings. The molecule has 0 heterocycles. The molecule has 2 nitrogen and oxygen atoms in total. The Morgan fingerprint density at radius 2 is 0.519 bits per heavy atom. The Kier molecular flexibility index (Phi) is 17.6. The van der Waals surface area contributed by atoms with Gasteiger partial charge in [-0.3, -0.25) is 0 Å². The Balaban J connectivity index is 0.000000226. The molecule has 0 radical (unpaired) electrons. The number of nitrogens with two attached hydrogens (primary N) is 2. The fraction of sp³-hybridized carbons (Fsp3) is 0.135. The van der Waals surface area contributed by atoms with Crippen LogP contribution in [0.1, 0.15) is 55.6 Å². The van der Waals surface area contributed by atoms with E-state index in [9.17, 15) is 0 Å². The summed E-state index contributed by atoms with van der Waals surface area (Å²) in [6, 6.07) is 77.6. The van der Waals surface area contributed by atoms with E-state index in [1.54, 1.807) is 0 Å². The number of hydrogen-bond acceptors (Lipinski definition) is 2. The van der Waals surface area contributed by atoms with Crippen LogP contribution < -0.4 is 43.3 Å². The number of nitrogen functional groups attached to an aromatic ring is 2. The van der Waals surface area contributed by atoms with Crippen LogP contribution in [0.15, 0.2) is 206 Å². The molecule has 406 valence electrons. The molecule has 0 spiro atoms. The van der Waals surface area contributed by atoms with E-state index in [2.05, 4.69) is 275 Å². The molecule has 12 rings (SSSR count). The van der Waals surface area contributed by atoms with Crippen molar-refractivity contribution in [2.24, 2.45) is 0 Å². The summed E-state index contributed by atoms with van der Waals surface area (Å²) >= 11 is -0.346. The van der Waals surface area contributed by atoms with Crippen molar-refractivity contribution < 1.29 is 15.1 Å². The summed E-state index contributed by atoms with van der Waals surface area (Å²) < 4.78 is 0. The van der Waals surface area contributed by atoms with Crippen LogP contribution in [0, 0.1) is 69.2 Å². The Hall–Kier alpha value is -6.66. The van der Waals surface area contributed by atoms with Gasteiger partial charge in [-0.1, -0.05) is 239 Å². The number of halogens is 2. The normalized spacial score (nSPS) is 11.4. The fourth-order valence-corrected chi connectivity index (χ4v) is 17.9. The average Bonchev–Trinajstić information content (AvgIpc) is 3.54. The van der Waals surface area contributed by atoms with Crippen molar-refractivity contribution in [3.05, 3.63) is 262 Å². The van der Waals surface area contributed by atoms with E-state index in [1.807, 2.05) is 0 Å². The minimum absolute atomic E-state index is 0.346. The van der Waals surface area contributed by atoms with Gasteiger partial charge < -0.3 is 11.5 Å². The van der Waals surface area contributed by atoms with Crippen molar-refractivity contribution in [3.8, 4) is 22.3 Å². The zero-order chi connectivity index (χ0) is 57.2. The number of aryl methyl sites for hydroxylation is 10. The van der Waals surface area contributed by atoms with Crippen LogP contribution in [0.3, 0.4) is 0 Å². The van der Waals surface area contributed by atoms with Gasteiger partial charge in [0.2, 0.25) is 0 Å². The van der Waals surface area contributed by atoms with E-state index in [0.717, 1.165) is 44.4 Å². The van der Waals surface area contributed by atoms with Crippen molar-refractivity contribution in [1.29, 1.82) is 0 Å². The summed E-state index contributed by atoms with van der Waals surface area (Å²) in [5, 5.41) is 18.2. The molecule has 0 atom stereocenters. The topological polar surface area (TPSA) is 52.0 Å². The minimum atomic E-state index is -0.937. The van der Waals surface area contributed by atoms with Crippen LogP contribution in [0.2, 0.25) is 0 Å². The molecule has 0 aliphatic heterocycles. The number of benzene rings is 12. The zero-order valence-electron chi connectivity index (χ0n) is 47.8. The summed E-state index contributed by atoms with van der Waals surface area (Å²) in [6.45, 7) is 22.1.